The molecule has 3 rings (SSSR count). The van der Waals surface area contributed by atoms with Crippen LogP contribution in [-0.4, -0.2) is 30.0 Å². The highest BCUT2D eigenvalue weighted by molar-refractivity contribution is 5.40. The molecule has 0 aliphatic heterocycles. The van der Waals surface area contributed by atoms with Crippen molar-refractivity contribution in [3.05, 3.63) is 48.5 Å². The number of tetrazole rings is 1. The molecule has 0 saturated heterocycles. The van der Waals surface area contributed by atoms with Gasteiger partial charge >= 0.3 is 0 Å². The first kappa shape index (κ1) is 12.3. The van der Waals surface area contributed by atoms with E-state index in [1.54, 1.807) is 15.6 Å². The topological polar surface area (TPSA) is 73.5 Å². The van der Waals surface area contributed by atoms with Gasteiger partial charge in [0.05, 0.1) is 23.6 Å². The lowest BCUT2D eigenvalue weighted by molar-refractivity contribution is 0.718. The van der Waals surface area contributed by atoms with Gasteiger partial charge in [0.2, 0.25) is 0 Å². The van der Waals surface area contributed by atoms with E-state index >= 15 is 0 Å². The predicted octanol–water partition coefficient (Wildman–Crippen LogP) is 1.57. The van der Waals surface area contributed by atoms with Crippen molar-refractivity contribution in [3.8, 4) is 5.69 Å². The van der Waals surface area contributed by atoms with Crippen molar-refractivity contribution in [2.24, 2.45) is 7.05 Å². The van der Waals surface area contributed by atoms with Crippen LogP contribution in [0.1, 0.15) is 18.8 Å². The third-order valence-electron chi connectivity index (χ3n) is 2.97. The van der Waals surface area contributed by atoms with E-state index in [0.29, 0.717) is 0 Å². The van der Waals surface area contributed by atoms with Crippen LogP contribution in [0.5, 0.6) is 0 Å². The number of anilines is 1. The quantitative estimate of drug-likeness (QED) is 0.778. The fraction of sp³-hybridized carbons (Fsp3) is 0.231. The van der Waals surface area contributed by atoms with E-state index in [0.717, 1.165) is 17.2 Å². The van der Waals surface area contributed by atoms with Crippen molar-refractivity contribution in [2.45, 2.75) is 13.0 Å². The van der Waals surface area contributed by atoms with Gasteiger partial charge in [-0.25, -0.2) is 0 Å². The number of benzene rings is 1. The first-order valence-corrected chi connectivity index (χ1v) is 6.33. The van der Waals surface area contributed by atoms with Gasteiger partial charge in [0, 0.05) is 13.2 Å². The minimum atomic E-state index is -0.0330. The van der Waals surface area contributed by atoms with Crippen LogP contribution >= 0.6 is 0 Å². The largest absolute Gasteiger partial charge is 0.373 e. The van der Waals surface area contributed by atoms with Gasteiger partial charge in [0.1, 0.15) is 0 Å². The highest BCUT2D eigenvalue weighted by atomic mass is 15.5. The third kappa shape index (κ3) is 2.37. The number of hydrogen-bond acceptors (Lipinski definition) is 5. The van der Waals surface area contributed by atoms with Crippen LogP contribution in [0.4, 0.5) is 5.69 Å². The van der Waals surface area contributed by atoms with E-state index in [9.17, 15) is 0 Å². The minimum Gasteiger partial charge on any atom is -0.373 e. The molecule has 0 spiro atoms. The van der Waals surface area contributed by atoms with Gasteiger partial charge in [-0.15, -0.1) is 5.10 Å². The van der Waals surface area contributed by atoms with Gasteiger partial charge in [-0.3, -0.25) is 4.68 Å². The molecule has 1 atom stereocenters. The van der Waals surface area contributed by atoms with E-state index in [-0.39, 0.29) is 6.04 Å². The summed E-state index contributed by atoms with van der Waals surface area (Å²) < 4.78 is 3.48. The molecule has 7 nitrogen and oxygen atoms in total. The van der Waals surface area contributed by atoms with Gasteiger partial charge in [-0.05, 0) is 29.5 Å². The number of hydrogen-bond donors (Lipinski definition) is 1. The van der Waals surface area contributed by atoms with Crippen molar-refractivity contribution in [3.63, 3.8) is 0 Å². The second kappa shape index (κ2) is 5.12. The normalized spacial score (nSPS) is 12.3. The summed E-state index contributed by atoms with van der Waals surface area (Å²) in [4.78, 5) is 0. The Morgan fingerprint density at radius 3 is 2.70 bits per heavy atom. The molecule has 3 aromatic rings. The van der Waals surface area contributed by atoms with Crippen molar-refractivity contribution in [1.29, 1.82) is 0 Å². The molecule has 0 fully saturated rings. The minimum absolute atomic E-state index is 0.0330. The smallest absolute Gasteiger partial charge is 0.178 e. The van der Waals surface area contributed by atoms with Gasteiger partial charge in [-0.1, -0.05) is 18.2 Å². The first-order chi connectivity index (χ1) is 9.74. The second-order valence-electron chi connectivity index (χ2n) is 4.55. The molecule has 2 aromatic heterocycles. The van der Waals surface area contributed by atoms with Crippen molar-refractivity contribution >= 4 is 5.69 Å². The standard InChI is InChI=1S/C13H15N7/c1-10(15-11-8-14-19(2)9-11)13-16-17-18-20(13)12-6-4-3-5-7-12/h3-10,15H,1-2H3. The summed E-state index contributed by atoms with van der Waals surface area (Å²) in [5, 5.41) is 19.4. The summed E-state index contributed by atoms with van der Waals surface area (Å²) in [6.45, 7) is 2.01. The molecule has 20 heavy (non-hydrogen) atoms. The highest BCUT2D eigenvalue weighted by Gasteiger charge is 2.15. The maximum Gasteiger partial charge on any atom is 0.178 e. The van der Waals surface area contributed by atoms with E-state index in [2.05, 4.69) is 25.9 Å². The van der Waals surface area contributed by atoms with Crippen LogP contribution in [0.3, 0.4) is 0 Å². The lowest BCUT2D eigenvalue weighted by Gasteiger charge is -2.13. The van der Waals surface area contributed by atoms with Crippen LogP contribution in [-0.2, 0) is 7.05 Å². The Hall–Kier alpha value is -2.70. The zero-order chi connectivity index (χ0) is 13.9. The Balaban J connectivity index is 1.86. The summed E-state index contributed by atoms with van der Waals surface area (Å²) in [7, 11) is 1.88. The maximum atomic E-state index is 4.13. The number of rotatable bonds is 4. The molecule has 102 valence electrons. The van der Waals surface area contributed by atoms with Crippen molar-refractivity contribution in [2.75, 3.05) is 5.32 Å². The molecule has 0 bridgehead atoms. The molecule has 1 aromatic carbocycles. The summed E-state index contributed by atoms with van der Waals surface area (Å²) in [6.07, 6.45) is 3.68. The summed E-state index contributed by atoms with van der Waals surface area (Å²) >= 11 is 0. The first-order valence-electron chi connectivity index (χ1n) is 6.33. The summed E-state index contributed by atoms with van der Waals surface area (Å²) in [5.74, 6) is 0.750. The Labute approximate surface area is 116 Å². The van der Waals surface area contributed by atoms with Crippen LogP contribution < -0.4 is 5.32 Å². The van der Waals surface area contributed by atoms with Gasteiger partial charge in [0.25, 0.3) is 0 Å². The molecule has 1 unspecified atom stereocenters. The molecule has 7 heteroatoms. The van der Waals surface area contributed by atoms with Crippen LogP contribution in [0.25, 0.3) is 5.69 Å². The van der Waals surface area contributed by atoms with Gasteiger partial charge < -0.3 is 5.32 Å². The molecular formula is C13H15N7. The third-order valence-corrected chi connectivity index (χ3v) is 2.97. The van der Waals surface area contributed by atoms with Gasteiger partial charge in [-0.2, -0.15) is 9.78 Å². The number of nitrogens with zero attached hydrogens (tertiary/aromatic N) is 6. The molecule has 2 heterocycles. The number of aromatic nitrogens is 6. The second-order valence-corrected chi connectivity index (χ2v) is 4.55. The number of para-hydroxylation sites is 1. The SMILES string of the molecule is CC(Nc1cnn(C)c1)c1nnnn1-c1ccccc1. The Bertz CT molecular complexity index is 686. The van der Waals surface area contributed by atoms with Crippen molar-refractivity contribution < 1.29 is 0 Å². The summed E-state index contributed by atoms with van der Waals surface area (Å²) in [6, 6.07) is 9.78. The van der Waals surface area contributed by atoms with Gasteiger partial charge in [0.15, 0.2) is 5.82 Å². The van der Waals surface area contributed by atoms with E-state index in [1.165, 1.54) is 0 Å². The zero-order valence-electron chi connectivity index (χ0n) is 11.3. The lowest BCUT2D eigenvalue weighted by atomic mass is 10.2. The zero-order valence-corrected chi connectivity index (χ0v) is 11.3. The maximum absolute atomic E-state index is 4.13. The Morgan fingerprint density at radius 1 is 1.20 bits per heavy atom. The van der Waals surface area contributed by atoms with Crippen molar-refractivity contribution in [1.82, 2.24) is 30.0 Å². The van der Waals surface area contributed by atoms with E-state index < -0.39 is 0 Å². The lowest BCUT2D eigenvalue weighted by Crippen LogP contribution is -2.13. The molecule has 1 N–H and O–H groups in total. The molecule has 0 radical (unpaired) electrons. The van der Waals surface area contributed by atoms with Crippen LogP contribution in [0, 0.1) is 0 Å². The average molecular weight is 269 g/mol. The Morgan fingerprint density at radius 2 is 2.00 bits per heavy atom. The molecule has 0 aliphatic carbocycles. The van der Waals surface area contributed by atoms with Crippen LogP contribution in [0.2, 0.25) is 0 Å². The van der Waals surface area contributed by atoms with Crippen LogP contribution in [0.15, 0.2) is 42.7 Å². The summed E-state index contributed by atoms with van der Waals surface area (Å²) in [5.41, 5.74) is 1.87. The highest BCUT2D eigenvalue weighted by Crippen LogP contribution is 2.18. The molecule has 0 saturated carbocycles. The fourth-order valence-electron chi connectivity index (χ4n) is 2.03. The van der Waals surface area contributed by atoms with E-state index in [4.69, 9.17) is 0 Å². The molecule has 0 aliphatic rings. The molecular weight excluding hydrogens is 254 g/mol. The predicted molar refractivity (Wildman–Crippen MR) is 74.4 cm³/mol. The number of nitrogens with one attached hydrogen (secondary N) is 1. The van der Waals surface area contributed by atoms with E-state index in [1.807, 2.05) is 50.5 Å². The fourth-order valence-corrected chi connectivity index (χ4v) is 2.03. The monoisotopic (exact) mass is 269 g/mol. The number of aryl methyl sites for hydroxylation is 1. The Kier molecular flexibility index (Phi) is 3.16. The molecule has 0 amide bonds. The average Bonchev–Trinajstić information content (AvgIpc) is 3.09.